The molecule has 0 radical (unpaired) electrons. The van der Waals surface area contributed by atoms with Crippen molar-refractivity contribution in [3.63, 3.8) is 0 Å². The van der Waals surface area contributed by atoms with E-state index in [9.17, 15) is 9.90 Å². The zero-order valence-electron chi connectivity index (χ0n) is 8.85. The van der Waals surface area contributed by atoms with Crippen LogP contribution in [0.25, 0.3) is 0 Å². The Labute approximate surface area is 93.9 Å². The van der Waals surface area contributed by atoms with Gasteiger partial charge >= 0.3 is 5.97 Å². The number of esters is 1. The number of halogens is 1. The minimum absolute atomic E-state index is 0.120. The van der Waals surface area contributed by atoms with Gasteiger partial charge in [-0.05, 0) is 13.3 Å². The summed E-state index contributed by atoms with van der Waals surface area (Å²) in [5.41, 5.74) is 0. The van der Waals surface area contributed by atoms with E-state index in [0.29, 0.717) is 6.42 Å². The molecule has 0 aliphatic heterocycles. The van der Waals surface area contributed by atoms with Crippen molar-refractivity contribution in [1.29, 1.82) is 0 Å². The van der Waals surface area contributed by atoms with Crippen LogP contribution in [-0.2, 0) is 14.3 Å². The minimum atomic E-state index is -0.782. The van der Waals surface area contributed by atoms with E-state index in [1.807, 2.05) is 0 Å². The number of alkyl halides is 1. The molecule has 0 bridgehead atoms. The summed E-state index contributed by atoms with van der Waals surface area (Å²) in [5.74, 6) is -0.577. The third-order valence-corrected chi connectivity index (χ3v) is 2.03. The highest BCUT2D eigenvalue weighted by molar-refractivity contribution is 6.29. The molecule has 0 saturated carbocycles. The van der Waals surface area contributed by atoms with Crippen molar-refractivity contribution in [2.24, 2.45) is 0 Å². The smallest absolute Gasteiger partial charge is 0.323 e. The molecule has 0 fully saturated rings. The van der Waals surface area contributed by atoms with Crippen LogP contribution >= 0.6 is 11.6 Å². The van der Waals surface area contributed by atoms with E-state index in [0.717, 1.165) is 0 Å². The van der Waals surface area contributed by atoms with Crippen LogP contribution in [-0.4, -0.2) is 47.2 Å². The maximum atomic E-state index is 11.0. The van der Waals surface area contributed by atoms with Gasteiger partial charge in [-0.2, -0.15) is 0 Å². The fourth-order valence-electron chi connectivity index (χ4n) is 0.908. The monoisotopic (exact) mass is 240 g/mol. The molecule has 0 rings (SSSR count). The molecule has 2 unspecified atom stereocenters. The van der Waals surface area contributed by atoms with Crippen LogP contribution < -0.4 is 0 Å². The second kappa shape index (κ2) is 7.87. The predicted molar refractivity (Wildman–Crippen MR) is 54.5 cm³/mol. The minimum Gasteiger partial charge on any atom is -0.462 e. The first-order valence-corrected chi connectivity index (χ1v) is 5.17. The van der Waals surface area contributed by atoms with Crippen molar-refractivity contribution in [3.05, 3.63) is 0 Å². The maximum absolute atomic E-state index is 11.0. The SMILES string of the molecule is CC[C@H](O)C(COC(=O)C(C)Cl)OCO. The lowest BCUT2D eigenvalue weighted by Crippen LogP contribution is -2.35. The van der Waals surface area contributed by atoms with Crippen molar-refractivity contribution in [3.8, 4) is 0 Å². The first-order valence-electron chi connectivity index (χ1n) is 4.74. The zero-order chi connectivity index (χ0) is 11.8. The molecule has 5 nitrogen and oxygen atoms in total. The largest absolute Gasteiger partial charge is 0.462 e. The highest BCUT2D eigenvalue weighted by Crippen LogP contribution is 2.06. The van der Waals surface area contributed by atoms with Crippen molar-refractivity contribution in [1.82, 2.24) is 0 Å². The average molecular weight is 241 g/mol. The molecule has 3 atom stereocenters. The van der Waals surface area contributed by atoms with E-state index in [1.54, 1.807) is 6.92 Å². The van der Waals surface area contributed by atoms with Gasteiger partial charge in [-0.15, -0.1) is 11.6 Å². The predicted octanol–water partition coefficient (Wildman–Crippen LogP) is 0.263. The molecular formula is C9H17ClO5. The molecule has 0 aromatic rings. The van der Waals surface area contributed by atoms with Gasteiger partial charge < -0.3 is 19.7 Å². The number of hydrogen-bond acceptors (Lipinski definition) is 5. The molecule has 0 aliphatic rings. The molecule has 0 aromatic carbocycles. The van der Waals surface area contributed by atoms with Gasteiger partial charge in [0.15, 0.2) is 0 Å². The van der Waals surface area contributed by atoms with Crippen LogP contribution in [0.1, 0.15) is 20.3 Å². The van der Waals surface area contributed by atoms with Crippen molar-refractivity contribution in [2.75, 3.05) is 13.4 Å². The second-order valence-corrected chi connectivity index (χ2v) is 3.71. The number of hydrogen-bond donors (Lipinski definition) is 2. The maximum Gasteiger partial charge on any atom is 0.323 e. The standard InChI is InChI=1S/C9H17ClO5/c1-3-7(12)8(15-5-11)4-14-9(13)6(2)10/h6-8,11-12H,3-5H2,1-2H3/t6?,7-,8?/m0/s1. The number of ether oxygens (including phenoxy) is 2. The van der Waals surface area contributed by atoms with E-state index in [-0.39, 0.29) is 6.61 Å². The van der Waals surface area contributed by atoms with E-state index in [1.165, 1.54) is 6.92 Å². The summed E-state index contributed by atoms with van der Waals surface area (Å²) in [6.07, 6.45) is -1.06. The molecule has 15 heavy (non-hydrogen) atoms. The van der Waals surface area contributed by atoms with Crippen molar-refractivity contribution in [2.45, 2.75) is 37.9 Å². The molecular weight excluding hydrogens is 224 g/mol. The normalized spacial score (nSPS) is 16.9. The van der Waals surface area contributed by atoms with Gasteiger partial charge in [-0.3, -0.25) is 4.79 Å². The van der Waals surface area contributed by atoms with Crippen molar-refractivity contribution < 1.29 is 24.5 Å². The number of carbonyl (C=O) groups excluding carboxylic acids is 1. The molecule has 0 amide bonds. The van der Waals surface area contributed by atoms with Crippen LogP contribution in [0, 0.1) is 0 Å². The average Bonchev–Trinajstić information content (AvgIpc) is 2.22. The molecule has 0 spiro atoms. The third kappa shape index (κ3) is 5.94. The Bertz CT molecular complexity index is 185. The highest BCUT2D eigenvalue weighted by atomic mass is 35.5. The first kappa shape index (κ1) is 14.6. The fourth-order valence-corrected chi connectivity index (χ4v) is 0.971. The molecule has 90 valence electrons. The lowest BCUT2D eigenvalue weighted by Gasteiger charge is -2.21. The quantitative estimate of drug-likeness (QED) is 0.379. The van der Waals surface area contributed by atoms with Crippen LogP contribution in [0.15, 0.2) is 0 Å². The summed E-state index contributed by atoms with van der Waals surface area (Å²) in [6, 6.07) is 0. The second-order valence-electron chi connectivity index (χ2n) is 3.06. The molecule has 0 heterocycles. The van der Waals surface area contributed by atoms with Crippen LogP contribution in [0.4, 0.5) is 0 Å². The van der Waals surface area contributed by atoms with Gasteiger partial charge in [-0.1, -0.05) is 6.92 Å². The van der Waals surface area contributed by atoms with E-state index < -0.39 is 30.3 Å². The highest BCUT2D eigenvalue weighted by Gasteiger charge is 2.21. The number of aliphatic hydroxyl groups is 2. The summed E-state index contributed by atoms with van der Waals surface area (Å²) in [5, 5.41) is 17.3. The molecule has 0 aromatic heterocycles. The summed E-state index contributed by atoms with van der Waals surface area (Å²) < 4.78 is 9.58. The van der Waals surface area contributed by atoms with E-state index >= 15 is 0 Å². The zero-order valence-corrected chi connectivity index (χ0v) is 9.61. The van der Waals surface area contributed by atoms with Gasteiger partial charge in [0, 0.05) is 0 Å². The molecule has 6 heteroatoms. The lowest BCUT2D eigenvalue weighted by molar-refractivity contribution is -0.157. The summed E-state index contributed by atoms with van der Waals surface area (Å²) in [4.78, 5) is 11.0. The summed E-state index contributed by atoms with van der Waals surface area (Å²) in [7, 11) is 0. The topological polar surface area (TPSA) is 76.0 Å². The van der Waals surface area contributed by atoms with Gasteiger partial charge in [0.25, 0.3) is 0 Å². The summed E-state index contributed by atoms with van der Waals surface area (Å²) in [6.45, 7) is 2.59. The van der Waals surface area contributed by atoms with Crippen molar-refractivity contribution >= 4 is 17.6 Å². The van der Waals surface area contributed by atoms with E-state index in [4.69, 9.17) is 26.2 Å². The Morgan fingerprint density at radius 3 is 2.53 bits per heavy atom. The summed E-state index contributed by atoms with van der Waals surface area (Å²) >= 11 is 5.47. The van der Waals surface area contributed by atoms with Crippen LogP contribution in [0.2, 0.25) is 0 Å². The van der Waals surface area contributed by atoms with E-state index in [2.05, 4.69) is 0 Å². The van der Waals surface area contributed by atoms with Gasteiger partial charge in [0.2, 0.25) is 0 Å². The molecule has 0 saturated heterocycles. The van der Waals surface area contributed by atoms with Gasteiger partial charge in [-0.25, -0.2) is 0 Å². The van der Waals surface area contributed by atoms with Crippen LogP contribution in [0.3, 0.4) is 0 Å². The third-order valence-electron chi connectivity index (χ3n) is 1.85. The lowest BCUT2D eigenvalue weighted by atomic mass is 10.1. The Hall–Kier alpha value is -0.360. The Morgan fingerprint density at radius 2 is 2.13 bits per heavy atom. The number of carbonyl (C=O) groups is 1. The fraction of sp³-hybridized carbons (Fsp3) is 0.889. The number of rotatable bonds is 7. The Morgan fingerprint density at radius 1 is 1.53 bits per heavy atom. The van der Waals surface area contributed by atoms with Gasteiger partial charge in [0.05, 0.1) is 6.10 Å². The Kier molecular flexibility index (Phi) is 7.68. The van der Waals surface area contributed by atoms with Crippen LogP contribution in [0.5, 0.6) is 0 Å². The Balaban J connectivity index is 4.00. The first-order chi connectivity index (χ1) is 7.02. The molecule has 0 aliphatic carbocycles. The van der Waals surface area contributed by atoms with Gasteiger partial charge in [0.1, 0.15) is 24.9 Å². The molecule has 2 N–H and O–H groups in total. The number of aliphatic hydroxyl groups excluding tert-OH is 2.